The number of ether oxygens (including phenoxy) is 1. The van der Waals surface area contributed by atoms with E-state index >= 15 is 0 Å². The summed E-state index contributed by atoms with van der Waals surface area (Å²) in [6, 6.07) is 12.2. The van der Waals surface area contributed by atoms with E-state index in [1.54, 1.807) is 36.3 Å². The lowest BCUT2D eigenvalue weighted by molar-refractivity contribution is -0.125. The van der Waals surface area contributed by atoms with E-state index in [4.69, 9.17) is 9.15 Å². The lowest BCUT2D eigenvalue weighted by atomic mass is 9.95. The number of rotatable bonds is 5. The van der Waals surface area contributed by atoms with E-state index in [-0.39, 0.29) is 12.5 Å². The molecular weight excluding hydrogens is 474 g/mol. The minimum absolute atomic E-state index is 0.0652. The summed E-state index contributed by atoms with van der Waals surface area (Å²) in [6.45, 7) is 7.67. The fraction of sp³-hybridized carbons (Fsp3) is 0.296. The van der Waals surface area contributed by atoms with Crippen LogP contribution in [-0.4, -0.2) is 67.5 Å². The monoisotopic (exact) mass is 501 g/mol. The first kappa shape index (κ1) is 23.1. The Labute approximate surface area is 213 Å². The normalized spacial score (nSPS) is 21.3. The van der Waals surface area contributed by atoms with E-state index in [1.165, 1.54) is 0 Å². The third-order valence-electron chi connectivity index (χ3n) is 7.33. The van der Waals surface area contributed by atoms with Gasteiger partial charge in [0, 0.05) is 54.9 Å². The lowest BCUT2D eigenvalue weighted by Gasteiger charge is -2.30. The van der Waals surface area contributed by atoms with Crippen molar-refractivity contribution in [1.82, 2.24) is 25.8 Å². The number of carbonyl (C=O) groups is 3. The van der Waals surface area contributed by atoms with E-state index in [0.717, 1.165) is 35.3 Å². The van der Waals surface area contributed by atoms with Crippen LogP contribution in [0.3, 0.4) is 0 Å². The van der Waals surface area contributed by atoms with Crippen molar-refractivity contribution in [2.45, 2.75) is 12.1 Å². The molecule has 2 saturated heterocycles. The number of furan rings is 1. The van der Waals surface area contributed by atoms with Crippen molar-refractivity contribution in [2.75, 3.05) is 39.8 Å². The molecule has 3 N–H and O–H groups in total. The second-order valence-corrected chi connectivity index (χ2v) is 9.54. The second-order valence-electron chi connectivity index (χ2n) is 9.54. The standard InChI is InChI=1S/C27H27N5O5/c1-16-21-13-20(36-2)6-5-19(21)14-32(16)15-27(25(34)29-26(35)30-27)23-12-17-3-4-18(11-22(17)37-23)24(33)31-9-7-28-8-10-31/h3-6,11-13,28H,1,7-10,14-15H2,2H3,(H2,29,30,34,35)/t27-/m0/s1. The zero-order valence-corrected chi connectivity index (χ0v) is 20.4. The summed E-state index contributed by atoms with van der Waals surface area (Å²) in [6.07, 6.45) is 0. The molecule has 3 aliphatic rings. The summed E-state index contributed by atoms with van der Waals surface area (Å²) < 4.78 is 11.5. The highest BCUT2D eigenvalue weighted by Crippen LogP contribution is 2.39. The van der Waals surface area contributed by atoms with Crippen molar-refractivity contribution < 1.29 is 23.5 Å². The summed E-state index contributed by atoms with van der Waals surface area (Å²) in [5.41, 5.74) is 2.22. The maximum absolute atomic E-state index is 13.2. The molecule has 4 heterocycles. The van der Waals surface area contributed by atoms with Crippen LogP contribution in [0, 0.1) is 0 Å². The van der Waals surface area contributed by atoms with Crippen LogP contribution in [-0.2, 0) is 16.9 Å². The average Bonchev–Trinajstić information content (AvgIpc) is 3.57. The lowest BCUT2D eigenvalue weighted by Crippen LogP contribution is -2.51. The number of hydrogen-bond donors (Lipinski definition) is 3. The smallest absolute Gasteiger partial charge is 0.322 e. The molecule has 0 unspecified atom stereocenters. The van der Waals surface area contributed by atoms with Gasteiger partial charge in [0.2, 0.25) is 0 Å². The van der Waals surface area contributed by atoms with E-state index < -0.39 is 17.5 Å². The Morgan fingerprint density at radius 3 is 2.68 bits per heavy atom. The van der Waals surface area contributed by atoms with Crippen LogP contribution < -0.4 is 20.7 Å². The van der Waals surface area contributed by atoms with Gasteiger partial charge in [0.05, 0.1) is 13.7 Å². The first-order chi connectivity index (χ1) is 17.9. The van der Waals surface area contributed by atoms with Gasteiger partial charge in [-0.3, -0.25) is 14.9 Å². The number of imide groups is 1. The molecule has 3 aromatic rings. The zero-order valence-electron chi connectivity index (χ0n) is 20.4. The predicted octanol–water partition coefficient (Wildman–Crippen LogP) is 2.01. The number of fused-ring (bicyclic) bond motifs is 2. The Hall–Kier alpha value is -4.31. The first-order valence-electron chi connectivity index (χ1n) is 12.2. The van der Waals surface area contributed by atoms with Crippen molar-refractivity contribution in [3.8, 4) is 5.75 Å². The van der Waals surface area contributed by atoms with Crippen LogP contribution >= 0.6 is 0 Å². The minimum atomic E-state index is -1.46. The Kier molecular flexibility index (Phi) is 5.41. The number of methoxy groups -OCH3 is 1. The molecule has 2 fully saturated rings. The van der Waals surface area contributed by atoms with Gasteiger partial charge in [0.15, 0.2) is 5.54 Å². The van der Waals surface area contributed by atoms with Gasteiger partial charge in [-0.05, 0) is 35.9 Å². The molecule has 3 aliphatic heterocycles. The summed E-state index contributed by atoms with van der Waals surface area (Å²) >= 11 is 0. The molecule has 0 saturated carbocycles. The predicted molar refractivity (Wildman–Crippen MR) is 136 cm³/mol. The number of hydrogen-bond acceptors (Lipinski definition) is 7. The maximum atomic E-state index is 13.2. The topological polar surface area (TPSA) is 116 Å². The van der Waals surface area contributed by atoms with Crippen molar-refractivity contribution in [3.63, 3.8) is 0 Å². The van der Waals surface area contributed by atoms with Crippen LogP contribution in [0.25, 0.3) is 16.7 Å². The van der Waals surface area contributed by atoms with Gasteiger partial charge in [-0.25, -0.2) is 4.79 Å². The van der Waals surface area contributed by atoms with E-state index in [2.05, 4.69) is 22.5 Å². The fourth-order valence-corrected chi connectivity index (χ4v) is 5.28. The number of nitrogens with zero attached hydrogens (tertiary/aromatic N) is 2. The third-order valence-corrected chi connectivity index (χ3v) is 7.33. The molecule has 6 rings (SSSR count). The molecule has 10 nitrogen and oxygen atoms in total. The molecule has 37 heavy (non-hydrogen) atoms. The molecule has 10 heteroatoms. The van der Waals surface area contributed by atoms with Gasteiger partial charge in [-0.1, -0.05) is 18.7 Å². The molecule has 1 aromatic heterocycles. The number of benzene rings is 2. The summed E-state index contributed by atoms with van der Waals surface area (Å²) in [5, 5.41) is 9.13. The highest BCUT2D eigenvalue weighted by Gasteiger charge is 2.52. The van der Waals surface area contributed by atoms with Crippen molar-refractivity contribution >= 4 is 34.5 Å². The maximum Gasteiger partial charge on any atom is 0.322 e. The van der Waals surface area contributed by atoms with Crippen LogP contribution in [0.5, 0.6) is 5.75 Å². The number of amides is 4. The van der Waals surface area contributed by atoms with Crippen molar-refractivity contribution in [1.29, 1.82) is 0 Å². The summed E-state index contributed by atoms with van der Waals surface area (Å²) in [7, 11) is 1.61. The van der Waals surface area contributed by atoms with Gasteiger partial charge in [0.25, 0.3) is 11.8 Å². The van der Waals surface area contributed by atoms with E-state index in [0.29, 0.717) is 42.3 Å². The van der Waals surface area contributed by atoms with Crippen LogP contribution in [0.2, 0.25) is 0 Å². The van der Waals surface area contributed by atoms with Crippen LogP contribution in [0.1, 0.15) is 27.2 Å². The molecule has 0 radical (unpaired) electrons. The Bertz CT molecular complexity index is 1460. The van der Waals surface area contributed by atoms with E-state index in [9.17, 15) is 14.4 Å². The van der Waals surface area contributed by atoms with Crippen LogP contribution in [0.4, 0.5) is 4.79 Å². The van der Waals surface area contributed by atoms with Gasteiger partial charge >= 0.3 is 6.03 Å². The fourth-order valence-electron chi connectivity index (χ4n) is 5.28. The Balaban J connectivity index is 1.33. The largest absolute Gasteiger partial charge is 0.497 e. The third kappa shape index (κ3) is 3.80. The molecule has 1 atom stereocenters. The minimum Gasteiger partial charge on any atom is -0.497 e. The number of urea groups is 1. The molecule has 2 aromatic carbocycles. The Morgan fingerprint density at radius 1 is 1.14 bits per heavy atom. The van der Waals surface area contributed by atoms with Crippen molar-refractivity contribution in [2.24, 2.45) is 0 Å². The quantitative estimate of drug-likeness (QED) is 0.458. The van der Waals surface area contributed by atoms with Crippen LogP contribution in [0.15, 0.2) is 53.5 Å². The second kappa shape index (κ2) is 8.67. The van der Waals surface area contributed by atoms with Gasteiger partial charge < -0.3 is 29.6 Å². The van der Waals surface area contributed by atoms with Crippen molar-refractivity contribution in [3.05, 3.63) is 71.5 Å². The Morgan fingerprint density at radius 2 is 1.95 bits per heavy atom. The first-order valence-corrected chi connectivity index (χ1v) is 12.2. The average molecular weight is 502 g/mol. The van der Waals surface area contributed by atoms with Gasteiger partial charge in [-0.2, -0.15) is 0 Å². The van der Waals surface area contributed by atoms with E-state index in [1.807, 2.05) is 23.1 Å². The highest BCUT2D eigenvalue weighted by molar-refractivity contribution is 6.08. The van der Waals surface area contributed by atoms with Gasteiger partial charge in [-0.15, -0.1) is 0 Å². The summed E-state index contributed by atoms with van der Waals surface area (Å²) in [5.74, 6) is 0.435. The number of nitrogens with one attached hydrogen (secondary N) is 3. The van der Waals surface area contributed by atoms with Gasteiger partial charge in [0.1, 0.15) is 17.1 Å². The SMILES string of the molecule is C=C1c2cc(OC)ccc2CN1C[C@@]1(c2cc3ccc(C(=O)N4CCNCC4)cc3o2)NC(=O)NC1=O. The number of carbonyl (C=O) groups excluding carboxylic acids is 3. The molecule has 0 spiro atoms. The molecular formula is C27H27N5O5. The summed E-state index contributed by atoms with van der Waals surface area (Å²) in [4.78, 5) is 42.3. The molecule has 190 valence electrons. The zero-order chi connectivity index (χ0) is 25.7. The number of piperazine rings is 1. The molecule has 4 amide bonds. The molecule has 0 bridgehead atoms. The highest BCUT2D eigenvalue weighted by atomic mass is 16.5. The molecule has 0 aliphatic carbocycles.